The standard InChI is InChI=1S/C16H23N3/c1-18(2)15-9-12-19(13-10-15)16(8-11-17)14-6-4-3-5-7-14/h3-7,15-16H,8-10,12-13H2,1-2H3. The third-order valence-corrected chi connectivity index (χ3v) is 4.14. The maximum absolute atomic E-state index is 9.08. The summed E-state index contributed by atoms with van der Waals surface area (Å²) in [4.78, 5) is 4.79. The quantitative estimate of drug-likeness (QED) is 0.830. The second kappa shape index (κ2) is 6.70. The summed E-state index contributed by atoms with van der Waals surface area (Å²) in [5.74, 6) is 0. The van der Waals surface area contributed by atoms with Crippen molar-refractivity contribution in [2.75, 3.05) is 27.2 Å². The molecule has 19 heavy (non-hydrogen) atoms. The predicted molar refractivity (Wildman–Crippen MR) is 77.7 cm³/mol. The lowest BCUT2D eigenvalue weighted by Gasteiger charge is -2.39. The van der Waals surface area contributed by atoms with E-state index in [1.54, 1.807) is 0 Å². The van der Waals surface area contributed by atoms with E-state index in [-0.39, 0.29) is 6.04 Å². The molecule has 0 saturated carbocycles. The second-order valence-corrected chi connectivity index (χ2v) is 5.52. The molecule has 3 heteroatoms. The maximum atomic E-state index is 9.08. The number of rotatable bonds is 4. The van der Waals surface area contributed by atoms with Gasteiger partial charge in [-0.15, -0.1) is 0 Å². The van der Waals surface area contributed by atoms with Gasteiger partial charge in [-0.05, 0) is 32.5 Å². The molecule has 102 valence electrons. The summed E-state index contributed by atoms with van der Waals surface area (Å²) < 4.78 is 0. The van der Waals surface area contributed by atoms with E-state index in [4.69, 9.17) is 5.26 Å². The Hall–Kier alpha value is -1.37. The van der Waals surface area contributed by atoms with Crippen molar-refractivity contribution in [1.29, 1.82) is 5.26 Å². The van der Waals surface area contributed by atoms with Crippen LogP contribution in [0.25, 0.3) is 0 Å². The summed E-state index contributed by atoms with van der Waals surface area (Å²) in [7, 11) is 4.31. The highest BCUT2D eigenvalue weighted by Gasteiger charge is 2.26. The molecule has 2 rings (SSSR count). The lowest BCUT2D eigenvalue weighted by molar-refractivity contribution is 0.109. The van der Waals surface area contributed by atoms with Gasteiger partial charge < -0.3 is 4.90 Å². The minimum absolute atomic E-state index is 0.259. The third kappa shape index (κ3) is 3.56. The van der Waals surface area contributed by atoms with Crippen LogP contribution in [0.4, 0.5) is 0 Å². The van der Waals surface area contributed by atoms with Crippen molar-refractivity contribution in [3.05, 3.63) is 35.9 Å². The molecule has 0 bridgehead atoms. The molecule has 1 aliphatic rings. The van der Waals surface area contributed by atoms with Crippen LogP contribution in [0.2, 0.25) is 0 Å². The van der Waals surface area contributed by atoms with Crippen LogP contribution < -0.4 is 0 Å². The van der Waals surface area contributed by atoms with Crippen LogP contribution in [0.5, 0.6) is 0 Å². The first-order valence-electron chi connectivity index (χ1n) is 7.04. The highest BCUT2D eigenvalue weighted by molar-refractivity contribution is 5.20. The molecular formula is C16H23N3. The largest absolute Gasteiger partial charge is 0.306 e. The summed E-state index contributed by atoms with van der Waals surface area (Å²) >= 11 is 0. The molecule has 1 heterocycles. The lowest BCUT2D eigenvalue weighted by atomic mass is 9.97. The number of benzene rings is 1. The molecule has 1 saturated heterocycles. The van der Waals surface area contributed by atoms with Gasteiger partial charge in [0.1, 0.15) is 0 Å². The molecule has 1 unspecified atom stereocenters. The van der Waals surface area contributed by atoms with Gasteiger partial charge in [-0.1, -0.05) is 30.3 Å². The average molecular weight is 257 g/mol. The summed E-state index contributed by atoms with van der Waals surface area (Å²) in [6, 6.07) is 13.7. The Labute approximate surface area is 116 Å². The first kappa shape index (κ1) is 14.0. The Balaban J connectivity index is 2.04. The fourth-order valence-electron chi connectivity index (χ4n) is 2.93. The number of nitriles is 1. The van der Waals surface area contributed by atoms with Crippen molar-refractivity contribution in [2.45, 2.75) is 31.3 Å². The molecule has 1 atom stereocenters. The van der Waals surface area contributed by atoms with Crippen molar-refractivity contribution in [3.8, 4) is 6.07 Å². The molecule has 1 aromatic rings. The normalized spacial score (nSPS) is 19.3. The van der Waals surface area contributed by atoms with Crippen LogP contribution in [0.15, 0.2) is 30.3 Å². The number of piperidine rings is 1. The zero-order valence-corrected chi connectivity index (χ0v) is 11.9. The van der Waals surface area contributed by atoms with Crippen molar-refractivity contribution < 1.29 is 0 Å². The SMILES string of the molecule is CN(C)C1CCN(C(CC#N)c2ccccc2)CC1. The van der Waals surface area contributed by atoms with Gasteiger partial charge in [0.25, 0.3) is 0 Å². The van der Waals surface area contributed by atoms with Gasteiger partial charge >= 0.3 is 0 Å². The van der Waals surface area contributed by atoms with Crippen LogP contribution in [-0.2, 0) is 0 Å². The van der Waals surface area contributed by atoms with Crippen molar-refractivity contribution in [2.24, 2.45) is 0 Å². The summed E-state index contributed by atoms with van der Waals surface area (Å²) in [6.07, 6.45) is 2.97. The fourth-order valence-corrected chi connectivity index (χ4v) is 2.93. The molecule has 1 aromatic carbocycles. The third-order valence-electron chi connectivity index (χ3n) is 4.14. The Bertz CT molecular complexity index is 413. The molecule has 0 N–H and O–H groups in total. The van der Waals surface area contributed by atoms with E-state index < -0.39 is 0 Å². The first-order chi connectivity index (χ1) is 9.22. The summed E-state index contributed by atoms with van der Waals surface area (Å²) in [6.45, 7) is 2.17. The maximum Gasteiger partial charge on any atom is 0.0641 e. The number of hydrogen-bond acceptors (Lipinski definition) is 3. The molecule has 0 amide bonds. The van der Waals surface area contributed by atoms with Crippen molar-refractivity contribution >= 4 is 0 Å². The predicted octanol–water partition coefficient (Wildman–Crippen LogP) is 2.67. The topological polar surface area (TPSA) is 30.3 Å². The van der Waals surface area contributed by atoms with Crippen LogP contribution >= 0.6 is 0 Å². The molecule has 0 aliphatic carbocycles. The average Bonchev–Trinajstić information content (AvgIpc) is 2.46. The molecule has 3 nitrogen and oxygen atoms in total. The Morgan fingerprint density at radius 2 is 1.89 bits per heavy atom. The Morgan fingerprint density at radius 3 is 2.42 bits per heavy atom. The smallest absolute Gasteiger partial charge is 0.0641 e. The molecule has 0 radical (unpaired) electrons. The van der Waals surface area contributed by atoms with E-state index in [0.717, 1.165) is 13.1 Å². The minimum Gasteiger partial charge on any atom is -0.306 e. The van der Waals surface area contributed by atoms with E-state index >= 15 is 0 Å². The van der Waals surface area contributed by atoms with E-state index in [0.29, 0.717) is 12.5 Å². The van der Waals surface area contributed by atoms with Crippen LogP contribution in [0.1, 0.15) is 30.9 Å². The van der Waals surface area contributed by atoms with E-state index in [1.807, 2.05) is 6.07 Å². The summed E-state index contributed by atoms with van der Waals surface area (Å²) in [5.41, 5.74) is 1.27. The monoisotopic (exact) mass is 257 g/mol. The van der Waals surface area contributed by atoms with Crippen LogP contribution in [0.3, 0.4) is 0 Å². The zero-order chi connectivity index (χ0) is 13.7. The molecule has 0 aromatic heterocycles. The van der Waals surface area contributed by atoms with Gasteiger partial charge in [0.2, 0.25) is 0 Å². The fraction of sp³-hybridized carbons (Fsp3) is 0.562. The molecule has 1 fully saturated rings. The van der Waals surface area contributed by atoms with Gasteiger partial charge in [0.05, 0.1) is 12.5 Å². The lowest BCUT2D eigenvalue weighted by Crippen LogP contribution is -2.43. The Morgan fingerprint density at radius 1 is 1.26 bits per heavy atom. The number of likely N-dealkylation sites (tertiary alicyclic amines) is 1. The van der Waals surface area contributed by atoms with Crippen molar-refractivity contribution in [1.82, 2.24) is 9.80 Å². The minimum atomic E-state index is 0.259. The summed E-state index contributed by atoms with van der Waals surface area (Å²) in [5, 5.41) is 9.08. The highest BCUT2D eigenvalue weighted by atomic mass is 15.2. The van der Waals surface area contributed by atoms with Gasteiger partial charge in [-0.2, -0.15) is 5.26 Å². The zero-order valence-electron chi connectivity index (χ0n) is 11.9. The molecular weight excluding hydrogens is 234 g/mol. The van der Waals surface area contributed by atoms with Crippen LogP contribution in [-0.4, -0.2) is 43.0 Å². The molecule has 1 aliphatic heterocycles. The van der Waals surface area contributed by atoms with E-state index in [2.05, 4.69) is 54.2 Å². The highest BCUT2D eigenvalue weighted by Crippen LogP contribution is 2.28. The van der Waals surface area contributed by atoms with Crippen LogP contribution in [0, 0.1) is 11.3 Å². The van der Waals surface area contributed by atoms with Gasteiger partial charge in [0, 0.05) is 25.2 Å². The number of hydrogen-bond donors (Lipinski definition) is 0. The first-order valence-corrected chi connectivity index (χ1v) is 7.04. The second-order valence-electron chi connectivity index (χ2n) is 5.52. The van der Waals surface area contributed by atoms with Gasteiger partial charge in [0.15, 0.2) is 0 Å². The van der Waals surface area contributed by atoms with Crippen molar-refractivity contribution in [3.63, 3.8) is 0 Å². The van der Waals surface area contributed by atoms with E-state index in [1.165, 1.54) is 18.4 Å². The Kier molecular flexibility index (Phi) is 4.95. The van der Waals surface area contributed by atoms with Gasteiger partial charge in [-0.3, -0.25) is 4.90 Å². The number of nitrogens with zero attached hydrogens (tertiary/aromatic N) is 3. The molecule has 0 spiro atoms. The van der Waals surface area contributed by atoms with Gasteiger partial charge in [-0.25, -0.2) is 0 Å². The van der Waals surface area contributed by atoms with E-state index in [9.17, 15) is 0 Å².